The Kier molecular flexibility index (Phi) is 2.79. The van der Waals surface area contributed by atoms with Gasteiger partial charge >= 0.3 is 0 Å². The van der Waals surface area contributed by atoms with Crippen molar-refractivity contribution in [3.05, 3.63) is 42.0 Å². The smallest absolute Gasteiger partial charge is 0.0624 e. The molecule has 2 rings (SSSR count). The molecule has 1 unspecified atom stereocenters. The summed E-state index contributed by atoms with van der Waals surface area (Å²) in [4.78, 5) is 1.93. The monoisotopic (exact) mass is 229 g/mol. The van der Waals surface area contributed by atoms with E-state index in [1.807, 2.05) is 24.3 Å². The van der Waals surface area contributed by atoms with E-state index >= 15 is 0 Å². The number of rotatable bonds is 1. The Hall–Kier alpha value is -0.220. The second-order valence-corrected chi connectivity index (χ2v) is 7.08. The maximum Gasteiger partial charge on any atom is 0.0624 e. The van der Waals surface area contributed by atoms with Crippen molar-refractivity contribution in [2.24, 2.45) is 5.73 Å². The second kappa shape index (κ2) is 3.88. The van der Waals surface area contributed by atoms with Crippen LogP contribution in [0.5, 0.6) is 0 Å². The molecule has 1 nitrogen and oxygen atoms in total. The Morgan fingerprint density at radius 3 is 2.46 bits per heavy atom. The van der Waals surface area contributed by atoms with Gasteiger partial charge in [-0.2, -0.15) is 0 Å². The van der Waals surface area contributed by atoms with E-state index in [1.165, 1.54) is 5.56 Å². The number of hydrogen-bond acceptors (Lipinski definition) is 2. The first-order valence-electron chi connectivity index (χ1n) is 3.76. The lowest BCUT2D eigenvalue weighted by Gasteiger charge is -1.99. The van der Waals surface area contributed by atoms with E-state index in [-0.39, 0.29) is 8.73 Å². The van der Waals surface area contributed by atoms with Gasteiger partial charge in [0, 0.05) is 4.91 Å². The molecule has 0 aromatic heterocycles. The molecule has 0 bridgehead atoms. The quantitative estimate of drug-likeness (QED) is 0.591. The normalized spacial score (nSPS) is 21.8. The minimum Gasteiger partial charge on any atom is -0.296 e. The number of benzene rings is 1. The summed E-state index contributed by atoms with van der Waals surface area (Å²) < 4.78 is 0. The highest BCUT2D eigenvalue weighted by molar-refractivity contribution is 8.95. The van der Waals surface area contributed by atoms with Crippen molar-refractivity contribution in [3.63, 3.8) is 0 Å². The van der Waals surface area contributed by atoms with E-state index in [1.54, 1.807) is 10.8 Å². The van der Waals surface area contributed by atoms with E-state index in [0.717, 1.165) is 9.89 Å². The van der Waals surface area contributed by atoms with Crippen molar-refractivity contribution in [3.8, 4) is 0 Å². The predicted molar refractivity (Wildman–Crippen MR) is 64.6 cm³/mol. The number of halogens is 1. The lowest BCUT2D eigenvalue weighted by atomic mass is 10.2. The molecular weight excluding hydrogens is 222 g/mol. The third kappa shape index (κ3) is 1.99. The van der Waals surface area contributed by atoms with Gasteiger partial charge in [0.2, 0.25) is 0 Å². The van der Waals surface area contributed by atoms with Crippen LogP contribution in [0.2, 0.25) is 0 Å². The molecule has 1 aliphatic heterocycles. The lowest BCUT2D eigenvalue weighted by molar-refractivity contribution is 1.65. The standard InChI is InChI=1S/C9H8ClNS2/c10-13-9(11)6-8(12-13)7-4-2-1-3-5-7/h1-6H,11H2. The molecule has 1 heterocycles. The van der Waals surface area contributed by atoms with Gasteiger partial charge < -0.3 is 0 Å². The highest BCUT2D eigenvalue weighted by Gasteiger charge is 2.12. The average molecular weight is 230 g/mol. The molecular formula is C9H8ClNS2. The summed E-state index contributed by atoms with van der Waals surface area (Å²) in [5.74, 6) is 0. The van der Waals surface area contributed by atoms with Crippen LogP contribution < -0.4 is 5.73 Å². The van der Waals surface area contributed by atoms with E-state index in [0.29, 0.717) is 0 Å². The molecule has 0 saturated heterocycles. The van der Waals surface area contributed by atoms with Crippen molar-refractivity contribution >= 4 is 40.1 Å². The molecule has 1 aromatic carbocycles. The molecule has 2 N–H and O–H groups in total. The molecule has 68 valence electrons. The van der Waals surface area contributed by atoms with Crippen molar-refractivity contribution in [1.29, 1.82) is 0 Å². The Balaban J connectivity index is 2.29. The molecule has 0 radical (unpaired) electrons. The molecule has 0 amide bonds. The highest BCUT2D eigenvalue weighted by atomic mass is 35.7. The number of nitrogens with two attached hydrogens (primary N) is 1. The molecule has 1 aromatic rings. The van der Waals surface area contributed by atoms with Gasteiger partial charge in [-0.1, -0.05) is 30.3 Å². The summed E-state index contributed by atoms with van der Waals surface area (Å²) >= 11 is 0. The fourth-order valence-corrected chi connectivity index (χ4v) is 4.09. The van der Waals surface area contributed by atoms with Crippen molar-refractivity contribution < 1.29 is 0 Å². The third-order valence-corrected chi connectivity index (χ3v) is 5.50. The molecule has 0 saturated carbocycles. The van der Waals surface area contributed by atoms with Gasteiger partial charge in [0.1, 0.15) is 0 Å². The maximum absolute atomic E-state index is 5.98. The van der Waals surface area contributed by atoms with Crippen LogP contribution in [0.15, 0.2) is 36.4 Å². The largest absolute Gasteiger partial charge is 0.296 e. The molecule has 0 aliphatic carbocycles. The summed E-state index contributed by atoms with van der Waals surface area (Å²) in [5.41, 5.74) is 6.89. The van der Waals surface area contributed by atoms with Crippen LogP contribution in [-0.2, 0) is 0 Å². The summed E-state index contributed by atoms with van der Waals surface area (Å²) in [7, 11) is 7.25. The van der Waals surface area contributed by atoms with Gasteiger partial charge in [0.15, 0.2) is 0 Å². The average Bonchev–Trinajstić information content (AvgIpc) is 2.49. The zero-order chi connectivity index (χ0) is 9.26. The highest BCUT2D eigenvalue weighted by Crippen LogP contribution is 2.50. The maximum atomic E-state index is 5.98. The van der Waals surface area contributed by atoms with Gasteiger partial charge in [-0.25, -0.2) is 0 Å². The summed E-state index contributed by atoms with van der Waals surface area (Å²) in [5, 5.41) is 0. The molecule has 0 fully saturated rings. The minimum absolute atomic E-state index is 0.357. The molecule has 0 spiro atoms. The van der Waals surface area contributed by atoms with Gasteiger partial charge in [-0.3, -0.25) is 5.73 Å². The van der Waals surface area contributed by atoms with Gasteiger partial charge in [-0.15, -0.1) is 0 Å². The first kappa shape index (κ1) is 9.34. The Labute approximate surface area is 87.8 Å². The van der Waals surface area contributed by atoms with Crippen LogP contribution in [-0.4, -0.2) is 4.99 Å². The van der Waals surface area contributed by atoms with E-state index in [2.05, 4.69) is 12.1 Å². The van der Waals surface area contributed by atoms with Crippen LogP contribution in [0.25, 0.3) is 4.91 Å². The van der Waals surface area contributed by atoms with Gasteiger partial charge in [0.05, 0.1) is 4.99 Å². The topological polar surface area (TPSA) is 26.0 Å². The molecule has 13 heavy (non-hydrogen) atoms. The van der Waals surface area contributed by atoms with Crippen molar-refractivity contribution in [1.82, 2.24) is 0 Å². The first-order chi connectivity index (χ1) is 6.27. The summed E-state index contributed by atoms with van der Waals surface area (Å²) in [6, 6.07) is 10.1. The summed E-state index contributed by atoms with van der Waals surface area (Å²) in [6.45, 7) is 0. The van der Waals surface area contributed by atoms with Gasteiger partial charge in [0.25, 0.3) is 0 Å². The molecule has 1 aliphatic rings. The molecule has 1 atom stereocenters. The van der Waals surface area contributed by atoms with E-state index in [4.69, 9.17) is 16.4 Å². The fraction of sp³-hybridized carbons (Fsp3) is 0. The third-order valence-electron chi connectivity index (χ3n) is 1.68. The molecule has 4 heteroatoms. The van der Waals surface area contributed by atoms with Crippen LogP contribution in [0.3, 0.4) is 0 Å². The first-order valence-corrected chi connectivity index (χ1v) is 7.14. The number of hydrogen-bond donors (Lipinski definition) is 1. The minimum atomic E-state index is -0.357. The van der Waals surface area contributed by atoms with Crippen LogP contribution in [0, 0.1) is 0 Å². The Morgan fingerprint density at radius 2 is 1.92 bits per heavy atom. The predicted octanol–water partition coefficient (Wildman–Crippen LogP) is 3.20. The Bertz CT molecular complexity index is 384. The zero-order valence-electron chi connectivity index (χ0n) is 6.74. The zero-order valence-corrected chi connectivity index (χ0v) is 9.12. The van der Waals surface area contributed by atoms with Crippen LogP contribution >= 0.6 is 30.2 Å². The Morgan fingerprint density at radius 1 is 1.23 bits per heavy atom. The van der Waals surface area contributed by atoms with Crippen LogP contribution in [0.4, 0.5) is 0 Å². The fourth-order valence-electron chi connectivity index (χ4n) is 1.06. The van der Waals surface area contributed by atoms with Gasteiger partial charge in [-0.05, 0) is 41.8 Å². The van der Waals surface area contributed by atoms with Crippen LogP contribution in [0.1, 0.15) is 5.56 Å². The van der Waals surface area contributed by atoms with E-state index < -0.39 is 0 Å². The summed E-state index contributed by atoms with van der Waals surface area (Å²) in [6.07, 6.45) is 1.95. The SMILES string of the molecule is NC1=S(Cl)SC(c2ccccc2)=C1. The van der Waals surface area contributed by atoms with Crippen molar-refractivity contribution in [2.75, 3.05) is 0 Å². The van der Waals surface area contributed by atoms with Crippen molar-refractivity contribution in [2.45, 2.75) is 0 Å². The van der Waals surface area contributed by atoms with E-state index in [9.17, 15) is 0 Å². The lowest BCUT2D eigenvalue weighted by Crippen LogP contribution is -2.03. The second-order valence-electron chi connectivity index (χ2n) is 2.58.